The molecule has 3 rings (SSSR count). The van der Waals surface area contributed by atoms with E-state index in [0.717, 1.165) is 13.1 Å². The smallest absolute Gasteiger partial charge is 0.251 e. The summed E-state index contributed by atoms with van der Waals surface area (Å²) in [5.41, 5.74) is 3.25. The Morgan fingerprint density at radius 3 is 2.57 bits per heavy atom. The van der Waals surface area contributed by atoms with Gasteiger partial charge < -0.3 is 5.32 Å². The summed E-state index contributed by atoms with van der Waals surface area (Å²) in [4.78, 5) is 18.8. The molecule has 2 heterocycles. The zero-order valence-electron chi connectivity index (χ0n) is 13.5. The molecular formula is C19H23N3O. The number of benzene rings is 1. The number of pyridine rings is 1. The Morgan fingerprint density at radius 1 is 1.17 bits per heavy atom. The maximum atomic E-state index is 12.3. The van der Waals surface area contributed by atoms with Crippen LogP contribution >= 0.6 is 0 Å². The number of likely N-dealkylation sites (tertiary alicyclic amines) is 1. The first-order valence-corrected chi connectivity index (χ1v) is 8.23. The van der Waals surface area contributed by atoms with E-state index in [0.29, 0.717) is 12.1 Å². The number of carbonyl (C=O) groups excluding carboxylic acids is 1. The van der Waals surface area contributed by atoms with Crippen molar-refractivity contribution in [3.63, 3.8) is 0 Å². The van der Waals surface area contributed by atoms with Crippen molar-refractivity contribution < 1.29 is 4.79 Å². The number of carbonyl (C=O) groups is 1. The van der Waals surface area contributed by atoms with Gasteiger partial charge in [-0.25, -0.2) is 0 Å². The van der Waals surface area contributed by atoms with Crippen LogP contribution in [0, 0.1) is 6.92 Å². The number of aromatic nitrogens is 1. The van der Waals surface area contributed by atoms with E-state index in [1.165, 1.54) is 24.0 Å². The summed E-state index contributed by atoms with van der Waals surface area (Å²) in [7, 11) is 0. The third-order valence-corrected chi connectivity index (χ3v) is 4.53. The molecule has 1 aliphatic rings. The normalized spacial score (nSPS) is 16.2. The number of hydrogen-bond donors (Lipinski definition) is 1. The van der Waals surface area contributed by atoms with Crippen molar-refractivity contribution in [1.29, 1.82) is 0 Å². The second-order valence-corrected chi connectivity index (χ2v) is 6.06. The van der Waals surface area contributed by atoms with Crippen molar-refractivity contribution >= 4 is 5.91 Å². The van der Waals surface area contributed by atoms with Crippen molar-refractivity contribution in [1.82, 2.24) is 15.2 Å². The largest absolute Gasteiger partial charge is 0.350 e. The molecule has 1 unspecified atom stereocenters. The van der Waals surface area contributed by atoms with E-state index in [4.69, 9.17) is 0 Å². The van der Waals surface area contributed by atoms with E-state index in [9.17, 15) is 4.79 Å². The average molecular weight is 309 g/mol. The fourth-order valence-corrected chi connectivity index (χ4v) is 3.24. The number of nitrogens with one attached hydrogen (secondary N) is 1. The van der Waals surface area contributed by atoms with Gasteiger partial charge in [-0.05, 0) is 56.1 Å². The third kappa shape index (κ3) is 3.77. The van der Waals surface area contributed by atoms with Gasteiger partial charge in [0.1, 0.15) is 0 Å². The Labute approximate surface area is 137 Å². The molecule has 0 bridgehead atoms. The second-order valence-electron chi connectivity index (χ2n) is 6.06. The molecule has 1 fully saturated rings. The van der Waals surface area contributed by atoms with Crippen LogP contribution in [-0.4, -0.2) is 35.4 Å². The van der Waals surface area contributed by atoms with Crippen LogP contribution in [-0.2, 0) is 0 Å². The molecule has 1 N–H and O–H groups in total. The second kappa shape index (κ2) is 7.38. The molecule has 1 amide bonds. The summed E-state index contributed by atoms with van der Waals surface area (Å²) >= 11 is 0. The van der Waals surface area contributed by atoms with Crippen LogP contribution in [0.2, 0.25) is 0 Å². The van der Waals surface area contributed by atoms with Gasteiger partial charge in [0, 0.05) is 24.5 Å². The van der Waals surface area contributed by atoms with Crippen molar-refractivity contribution in [3.8, 4) is 0 Å². The Morgan fingerprint density at radius 2 is 1.87 bits per heavy atom. The maximum Gasteiger partial charge on any atom is 0.251 e. The molecule has 0 saturated carbocycles. The lowest BCUT2D eigenvalue weighted by atomic mass is 10.00. The molecule has 23 heavy (non-hydrogen) atoms. The Balaban J connectivity index is 1.74. The molecule has 120 valence electrons. The van der Waals surface area contributed by atoms with Crippen LogP contribution in [0.4, 0.5) is 0 Å². The summed E-state index contributed by atoms with van der Waals surface area (Å²) in [5.74, 6) is -0.0369. The van der Waals surface area contributed by atoms with Crippen LogP contribution in [0.5, 0.6) is 0 Å². The van der Waals surface area contributed by atoms with Crippen LogP contribution in [0.3, 0.4) is 0 Å². The predicted octanol–water partition coefficient (Wildman–Crippen LogP) is 2.96. The minimum Gasteiger partial charge on any atom is -0.350 e. The van der Waals surface area contributed by atoms with E-state index in [1.807, 2.05) is 0 Å². The molecule has 1 aliphatic heterocycles. The van der Waals surface area contributed by atoms with Gasteiger partial charge in [-0.1, -0.05) is 24.3 Å². The van der Waals surface area contributed by atoms with Gasteiger partial charge in [0.2, 0.25) is 0 Å². The van der Waals surface area contributed by atoms with E-state index in [-0.39, 0.29) is 11.9 Å². The van der Waals surface area contributed by atoms with Gasteiger partial charge in [0.05, 0.1) is 6.04 Å². The van der Waals surface area contributed by atoms with E-state index in [2.05, 4.69) is 46.4 Å². The van der Waals surface area contributed by atoms with Crippen molar-refractivity contribution in [2.45, 2.75) is 25.8 Å². The minimum absolute atomic E-state index is 0.0369. The van der Waals surface area contributed by atoms with Crippen molar-refractivity contribution in [2.75, 3.05) is 19.6 Å². The lowest BCUT2D eigenvalue weighted by Gasteiger charge is -2.29. The van der Waals surface area contributed by atoms with Gasteiger partial charge in [-0.15, -0.1) is 0 Å². The summed E-state index contributed by atoms with van der Waals surface area (Å²) in [5, 5.41) is 3.09. The molecular weight excluding hydrogens is 286 g/mol. The zero-order chi connectivity index (χ0) is 16.1. The van der Waals surface area contributed by atoms with E-state index >= 15 is 0 Å². The molecule has 0 spiro atoms. The number of hydrogen-bond acceptors (Lipinski definition) is 3. The number of aryl methyl sites for hydroxylation is 1. The van der Waals surface area contributed by atoms with E-state index < -0.39 is 0 Å². The van der Waals surface area contributed by atoms with Gasteiger partial charge in [0.15, 0.2) is 0 Å². The highest BCUT2D eigenvalue weighted by atomic mass is 16.1. The van der Waals surface area contributed by atoms with E-state index in [1.54, 1.807) is 24.5 Å². The molecule has 0 radical (unpaired) electrons. The lowest BCUT2D eigenvalue weighted by Crippen LogP contribution is -2.37. The van der Waals surface area contributed by atoms with Crippen LogP contribution in [0.15, 0.2) is 48.8 Å². The number of amides is 1. The summed E-state index contributed by atoms with van der Waals surface area (Å²) < 4.78 is 0. The summed E-state index contributed by atoms with van der Waals surface area (Å²) in [6.07, 6.45) is 5.77. The molecule has 1 atom stereocenters. The van der Waals surface area contributed by atoms with Crippen LogP contribution < -0.4 is 5.32 Å². The molecule has 4 heteroatoms. The summed E-state index contributed by atoms with van der Waals surface area (Å²) in [6.45, 7) is 4.98. The fourth-order valence-electron chi connectivity index (χ4n) is 3.24. The first kappa shape index (κ1) is 15.7. The molecule has 1 aromatic carbocycles. The molecule has 2 aromatic rings. The Bertz CT molecular complexity index is 651. The highest BCUT2D eigenvalue weighted by Crippen LogP contribution is 2.26. The Kier molecular flexibility index (Phi) is 5.03. The van der Waals surface area contributed by atoms with Crippen LogP contribution in [0.1, 0.15) is 40.4 Å². The van der Waals surface area contributed by atoms with Gasteiger partial charge in [-0.2, -0.15) is 0 Å². The monoisotopic (exact) mass is 309 g/mol. The Hall–Kier alpha value is -2.20. The molecule has 1 saturated heterocycles. The van der Waals surface area contributed by atoms with Gasteiger partial charge >= 0.3 is 0 Å². The fraction of sp³-hybridized carbons (Fsp3) is 0.368. The zero-order valence-corrected chi connectivity index (χ0v) is 13.5. The molecule has 1 aromatic heterocycles. The molecule has 4 nitrogen and oxygen atoms in total. The van der Waals surface area contributed by atoms with Gasteiger partial charge in [0.25, 0.3) is 5.91 Å². The third-order valence-electron chi connectivity index (χ3n) is 4.53. The maximum absolute atomic E-state index is 12.3. The average Bonchev–Trinajstić information content (AvgIpc) is 3.11. The predicted molar refractivity (Wildman–Crippen MR) is 91.3 cm³/mol. The molecule has 0 aliphatic carbocycles. The highest BCUT2D eigenvalue weighted by Gasteiger charge is 2.25. The minimum atomic E-state index is -0.0369. The SMILES string of the molecule is Cc1ccccc1C(CNC(=O)c1ccncc1)N1CCCC1. The highest BCUT2D eigenvalue weighted by molar-refractivity contribution is 5.93. The first-order valence-electron chi connectivity index (χ1n) is 8.23. The van der Waals surface area contributed by atoms with Crippen molar-refractivity contribution in [2.24, 2.45) is 0 Å². The quantitative estimate of drug-likeness (QED) is 0.923. The number of nitrogens with zero attached hydrogens (tertiary/aromatic N) is 2. The first-order chi connectivity index (χ1) is 11.3. The number of rotatable bonds is 5. The topological polar surface area (TPSA) is 45.2 Å². The van der Waals surface area contributed by atoms with Crippen LogP contribution in [0.25, 0.3) is 0 Å². The van der Waals surface area contributed by atoms with Crippen molar-refractivity contribution in [3.05, 3.63) is 65.5 Å². The van der Waals surface area contributed by atoms with Gasteiger partial charge in [-0.3, -0.25) is 14.7 Å². The summed E-state index contributed by atoms with van der Waals surface area (Å²) in [6, 6.07) is 12.2. The standard InChI is InChI=1S/C19H23N3O/c1-15-6-2-3-7-17(15)18(22-12-4-5-13-22)14-21-19(23)16-8-10-20-11-9-16/h2-3,6-11,18H,4-5,12-14H2,1H3,(H,21,23). The lowest BCUT2D eigenvalue weighted by molar-refractivity contribution is 0.0937.